The minimum absolute atomic E-state index is 0. The summed E-state index contributed by atoms with van der Waals surface area (Å²) in [6.45, 7) is 2.00. The predicted octanol–water partition coefficient (Wildman–Crippen LogP) is -5.44. The smallest absolute Gasteiger partial charge is 0.579 e. The van der Waals surface area contributed by atoms with Crippen molar-refractivity contribution < 1.29 is 112 Å². The van der Waals surface area contributed by atoms with Crippen molar-refractivity contribution in [3.05, 3.63) is 0 Å². The molecule has 22 heavy (non-hydrogen) atoms. The third-order valence-electron chi connectivity index (χ3n) is 0.976. The standard InChI is InChI=1S/C4H8O.2C2N2.CBFN.CBN.2K/c1-2-4-5-3-1;2*3-1-2-4;3-2-1-4;2-1-3;;/h1-4H2;;;;;;/q;;;2*-1;2*+1. The minimum atomic E-state index is -0.0694. The Labute approximate surface area is 217 Å². The molecule has 0 atom stereocenters. The maximum absolute atomic E-state index is 10.2. The van der Waals surface area contributed by atoms with Crippen LogP contribution in [0.5, 0.6) is 0 Å². The first kappa shape index (κ1) is 38.0. The van der Waals surface area contributed by atoms with Gasteiger partial charge in [-0.1, -0.05) is 0 Å². The quantitative estimate of drug-likeness (QED) is 0.396. The van der Waals surface area contributed by atoms with Gasteiger partial charge in [-0.15, -0.1) is 0 Å². The van der Waals surface area contributed by atoms with Crippen LogP contribution in [0.15, 0.2) is 0 Å². The number of rotatable bonds is 0. The Morgan fingerprint density at radius 2 is 1.05 bits per heavy atom. The van der Waals surface area contributed by atoms with Gasteiger partial charge in [0, 0.05) is 20.8 Å². The Balaban J connectivity index is -0.0000000360. The van der Waals surface area contributed by atoms with Crippen LogP contribution in [0.2, 0.25) is 0 Å². The van der Waals surface area contributed by atoms with Crippen LogP contribution in [0.25, 0.3) is 0 Å². The molecule has 0 spiro atoms. The van der Waals surface area contributed by atoms with Crippen molar-refractivity contribution in [1.82, 2.24) is 0 Å². The van der Waals surface area contributed by atoms with Crippen LogP contribution < -0.4 is 103 Å². The molecule has 0 aromatic carbocycles. The topological polar surface area (TPSA) is 152 Å². The van der Waals surface area contributed by atoms with E-state index in [1.807, 2.05) is 0 Å². The van der Waals surface area contributed by atoms with Crippen LogP contribution in [-0.2, 0) is 4.74 Å². The second-order valence-corrected chi connectivity index (χ2v) is 2.13. The van der Waals surface area contributed by atoms with Gasteiger partial charge in [0.15, 0.2) is 24.3 Å². The average molecular weight is 347 g/mol. The van der Waals surface area contributed by atoms with E-state index in [4.69, 9.17) is 36.3 Å². The van der Waals surface area contributed by atoms with Gasteiger partial charge in [0.2, 0.25) is 0 Å². The molecule has 0 aromatic heterocycles. The van der Waals surface area contributed by atoms with Crippen LogP contribution in [-0.4, -0.2) is 28.6 Å². The first-order valence-electron chi connectivity index (χ1n) is 4.71. The van der Waals surface area contributed by atoms with Crippen molar-refractivity contribution >= 4 is 15.4 Å². The van der Waals surface area contributed by atoms with Gasteiger partial charge in [-0.2, -0.15) is 27.0 Å². The summed E-state index contributed by atoms with van der Waals surface area (Å²) in [4.78, 5) is 0. The van der Waals surface area contributed by atoms with E-state index < -0.39 is 0 Å². The van der Waals surface area contributed by atoms with E-state index in [-0.39, 0.29) is 110 Å². The zero-order valence-electron chi connectivity index (χ0n) is 12.5. The van der Waals surface area contributed by atoms with Crippen molar-refractivity contribution in [2.75, 3.05) is 13.2 Å². The second kappa shape index (κ2) is 58.1. The molecule has 99 valence electrons. The van der Waals surface area contributed by atoms with Gasteiger partial charge in [-0.05, 0) is 12.8 Å². The Hall–Kier alpha value is 0.233. The van der Waals surface area contributed by atoms with Gasteiger partial charge in [-0.3, -0.25) is 16.5 Å². The third-order valence-corrected chi connectivity index (χ3v) is 0.976. The summed E-state index contributed by atoms with van der Waals surface area (Å²) in [6.07, 6.45) is 2.56. The molecular weight excluding hydrogens is 339 g/mol. The molecule has 1 aliphatic heterocycles. The summed E-state index contributed by atoms with van der Waals surface area (Å²) < 4.78 is 15.2. The molecule has 0 aliphatic carbocycles. The molecule has 0 aromatic rings. The van der Waals surface area contributed by atoms with Crippen LogP contribution in [0.4, 0.5) is 4.32 Å². The molecule has 0 bridgehead atoms. The van der Waals surface area contributed by atoms with Crippen LogP contribution in [0, 0.1) is 67.8 Å². The fourth-order valence-corrected chi connectivity index (χ4v) is 0.510. The van der Waals surface area contributed by atoms with Gasteiger partial charge >= 0.3 is 103 Å². The Bertz CT molecular complexity index is 382. The van der Waals surface area contributed by atoms with Gasteiger partial charge < -0.3 is 16.9 Å². The Kier molecular flexibility index (Phi) is 100. The van der Waals surface area contributed by atoms with E-state index in [1.54, 1.807) is 0 Å². The molecule has 1 fully saturated rings. The van der Waals surface area contributed by atoms with Crippen LogP contribution in [0.3, 0.4) is 0 Å². The molecule has 0 N–H and O–H groups in total. The van der Waals surface area contributed by atoms with Crippen LogP contribution in [0.1, 0.15) is 12.8 Å². The van der Waals surface area contributed by atoms with Crippen molar-refractivity contribution in [2.24, 2.45) is 0 Å². The van der Waals surface area contributed by atoms with E-state index in [2.05, 4.69) is 7.85 Å². The monoisotopic (exact) mass is 347 g/mol. The molecule has 1 saturated heterocycles. The molecule has 7 nitrogen and oxygen atoms in total. The second-order valence-electron chi connectivity index (χ2n) is 2.13. The zero-order valence-corrected chi connectivity index (χ0v) is 18.7. The van der Waals surface area contributed by atoms with E-state index >= 15 is 0 Å². The Morgan fingerprint density at radius 3 is 1.09 bits per heavy atom. The molecule has 5 radical (unpaired) electrons. The van der Waals surface area contributed by atoms with Gasteiger partial charge in [0.1, 0.15) is 0 Å². The molecule has 1 aliphatic rings. The summed E-state index contributed by atoms with van der Waals surface area (Å²) in [5, 5.41) is 43.3. The van der Waals surface area contributed by atoms with E-state index in [0.29, 0.717) is 0 Å². The SMILES string of the molecule is C1CCOC1.N#CC#N.N#CC#N.N#C[B-]F.[B-]C#N.[K+].[K+]. The van der Waals surface area contributed by atoms with Gasteiger partial charge in [0.25, 0.3) is 0 Å². The largest absolute Gasteiger partial charge is 1.00 e. The molecular formula is C10H8B2FK2N6O. The van der Waals surface area contributed by atoms with Gasteiger partial charge in [-0.25, -0.2) is 0 Å². The maximum Gasteiger partial charge on any atom is 1.00 e. The fourth-order valence-electron chi connectivity index (χ4n) is 0.510. The summed E-state index contributed by atoms with van der Waals surface area (Å²) in [5.74, 6) is 2.39. The van der Waals surface area contributed by atoms with E-state index in [9.17, 15) is 4.32 Å². The molecule has 12 heteroatoms. The number of nitrogens with zero attached hydrogens (tertiary/aromatic N) is 6. The van der Waals surface area contributed by atoms with Crippen molar-refractivity contribution in [2.45, 2.75) is 12.8 Å². The van der Waals surface area contributed by atoms with Crippen molar-refractivity contribution in [3.8, 4) is 36.2 Å². The average Bonchev–Trinajstić information content (AvgIpc) is 3.07. The minimum Gasteiger partial charge on any atom is -0.579 e. The number of ether oxygens (including phenoxy) is 1. The normalized spacial score (nSPS) is 7.64. The number of hydrogen-bond donors (Lipinski definition) is 0. The van der Waals surface area contributed by atoms with E-state index in [1.165, 1.54) is 43.1 Å². The number of halogens is 1. The first-order chi connectivity index (χ1) is 9.66. The summed E-state index contributed by atoms with van der Waals surface area (Å²) in [5.41, 5.74) is 0. The van der Waals surface area contributed by atoms with Crippen molar-refractivity contribution in [1.29, 1.82) is 31.6 Å². The Morgan fingerprint density at radius 1 is 0.818 bits per heavy atom. The molecule has 0 amide bonds. The van der Waals surface area contributed by atoms with Crippen molar-refractivity contribution in [3.63, 3.8) is 0 Å². The molecule has 0 saturated carbocycles. The molecule has 1 heterocycles. The summed E-state index contributed by atoms with van der Waals surface area (Å²) >= 11 is 0. The predicted molar refractivity (Wildman–Crippen MR) is 66.3 cm³/mol. The third kappa shape index (κ3) is 110. The number of nitriles is 6. The zero-order chi connectivity index (χ0) is 16.5. The number of hydrogen-bond acceptors (Lipinski definition) is 7. The summed E-state index contributed by atoms with van der Waals surface area (Å²) in [6, 6.07) is 4.94. The summed E-state index contributed by atoms with van der Waals surface area (Å²) in [7, 11) is 4.08. The molecule has 1 rings (SSSR count). The van der Waals surface area contributed by atoms with Gasteiger partial charge in [0.05, 0.1) is 0 Å². The molecule has 0 unspecified atom stereocenters. The first-order valence-corrected chi connectivity index (χ1v) is 4.71. The maximum atomic E-state index is 10.2. The van der Waals surface area contributed by atoms with Crippen LogP contribution >= 0.6 is 0 Å². The van der Waals surface area contributed by atoms with E-state index in [0.717, 1.165) is 19.2 Å². The fraction of sp³-hybridized carbons (Fsp3) is 0.400.